The molecule has 3 aromatic carbocycles. The van der Waals surface area contributed by atoms with Crippen molar-refractivity contribution in [2.45, 2.75) is 0 Å². The fourth-order valence-electron chi connectivity index (χ4n) is 2.92. The molecule has 0 fully saturated rings. The average Bonchev–Trinajstić information content (AvgIpc) is 3.04. The molecule has 0 amide bonds. The molecule has 0 aromatic heterocycles. The topological polar surface area (TPSA) is 47.9 Å². The van der Waals surface area contributed by atoms with E-state index in [0.717, 1.165) is 19.9 Å². The van der Waals surface area contributed by atoms with E-state index in [-0.39, 0.29) is 11.6 Å². The second-order valence-corrected chi connectivity index (χ2v) is 7.52. The second-order valence-electron chi connectivity index (χ2n) is 5.86. The molecule has 0 bridgehead atoms. The van der Waals surface area contributed by atoms with Crippen LogP contribution < -0.4 is 4.74 Å². The normalized spacial score (nSPS) is 15.1. The zero-order valence-corrected chi connectivity index (χ0v) is 17.1. The van der Waals surface area contributed by atoms with Gasteiger partial charge >= 0.3 is 5.97 Å². The van der Waals surface area contributed by atoms with Gasteiger partial charge in [0.2, 0.25) is 5.90 Å². The van der Waals surface area contributed by atoms with Crippen LogP contribution in [0.3, 0.4) is 0 Å². The largest absolute Gasteiger partial charge is 0.496 e. The van der Waals surface area contributed by atoms with Crippen molar-refractivity contribution in [3.8, 4) is 5.75 Å². The van der Waals surface area contributed by atoms with E-state index in [1.165, 1.54) is 0 Å². The van der Waals surface area contributed by atoms with Crippen LogP contribution in [0.25, 0.3) is 16.8 Å². The van der Waals surface area contributed by atoms with Gasteiger partial charge in [0, 0.05) is 9.13 Å². The van der Waals surface area contributed by atoms with Crippen LogP contribution >= 0.6 is 34.2 Å². The highest BCUT2D eigenvalue weighted by atomic mass is 127. The van der Waals surface area contributed by atoms with Crippen LogP contribution in [0.1, 0.15) is 11.1 Å². The van der Waals surface area contributed by atoms with Crippen LogP contribution in [-0.2, 0) is 9.53 Å². The first kappa shape index (κ1) is 18.0. The van der Waals surface area contributed by atoms with Crippen molar-refractivity contribution in [3.63, 3.8) is 0 Å². The summed E-state index contributed by atoms with van der Waals surface area (Å²) in [6, 6.07) is 17.2. The smallest absolute Gasteiger partial charge is 0.363 e. The number of ether oxygens (including phenoxy) is 2. The zero-order chi connectivity index (χ0) is 19.0. The van der Waals surface area contributed by atoms with Gasteiger partial charge in [-0.25, -0.2) is 9.79 Å². The van der Waals surface area contributed by atoms with Crippen LogP contribution in [-0.4, -0.2) is 19.0 Å². The molecule has 0 atom stereocenters. The molecule has 3 aromatic rings. The summed E-state index contributed by atoms with van der Waals surface area (Å²) in [5, 5.41) is 2.49. The zero-order valence-electron chi connectivity index (χ0n) is 14.2. The lowest BCUT2D eigenvalue weighted by atomic mass is 10.0. The van der Waals surface area contributed by atoms with Crippen molar-refractivity contribution in [2.75, 3.05) is 7.11 Å². The maximum atomic E-state index is 12.4. The molecular weight excluding hydrogens is 477 g/mol. The molecule has 4 rings (SSSR count). The number of cyclic esters (lactones) is 1. The highest BCUT2D eigenvalue weighted by Crippen LogP contribution is 2.32. The number of nitrogens with zero attached hydrogens (tertiary/aromatic N) is 1. The number of hydrogen-bond acceptors (Lipinski definition) is 4. The van der Waals surface area contributed by atoms with Crippen LogP contribution in [0.5, 0.6) is 5.75 Å². The van der Waals surface area contributed by atoms with Gasteiger partial charge in [-0.3, -0.25) is 0 Å². The first-order chi connectivity index (χ1) is 13.1. The van der Waals surface area contributed by atoms with Gasteiger partial charge in [-0.05, 0) is 63.7 Å². The monoisotopic (exact) mass is 489 g/mol. The molecule has 1 aliphatic rings. The van der Waals surface area contributed by atoms with Gasteiger partial charge in [-0.1, -0.05) is 41.9 Å². The van der Waals surface area contributed by atoms with Gasteiger partial charge in [0.05, 0.1) is 17.7 Å². The van der Waals surface area contributed by atoms with Crippen molar-refractivity contribution < 1.29 is 14.3 Å². The number of aliphatic imine (C=N–C) groups is 1. The molecule has 27 heavy (non-hydrogen) atoms. The Labute approximate surface area is 174 Å². The number of methoxy groups -OCH3 is 1. The molecule has 0 saturated heterocycles. The summed E-state index contributed by atoms with van der Waals surface area (Å²) < 4.78 is 11.8. The van der Waals surface area contributed by atoms with Crippen LogP contribution in [0.15, 0.2) is 65.3 Å². The molecule has 0 saturated carbocycles. The highest BCUT2D eigenvalue weighted by molar-refractivity contribution is 14.1. The summed E-state index contributed by atoms with van der Waals surface area (Å²) in [5.74, 6) is 0.342. The quantitative estimate of drug-likeness (QED) is 0.279. The van der Waals surface area contributed by atoms with Crippen molar-refractivity contribution in [2.24, 2.45) is 4.99 Å². The number of carbonyl (C=O) groups is 1. The number of fused-ring (bicyclic) bond motifs is 1. The molecular formula is C21H13ClINO3. The van der Waals surface area contributed by atoms with Crippen molar-refractivity contribution in [3.05, 3.63) is 80.0 Å². The first-order valence-electron chi connectivity index (χ1n) is 8.10. The maximum absolute atomic E-state index is 12.4. The maximum Gasteiger partial charge on any atom is 0.363 e. The Kier molecular flexibility index (Phi) is 4.88. The van der Waals surface area contributed by atoms with E-state index < -0.39 is 5.97 Å². The van der Waals surface area contributed by atoms with Gasteiger partial charge in [-0.15, -0.1) is 0 Å². The lowest BCUT2D eigenvalue weighted by Crippen LogP contribution is -2.06. The van der Waals surface area contributed by atoms with Crippen molar-refractivity contribution in [1.29, 1.82) is 0 Å². The molecule has 0 radical (unpaired) electrons. The van der Waals surface area contributed by atoms with Gasteiger partial charge < -0.3 is 9.47 Å². The third-order valence-electron chi connectivity index (χ3n) is 4.21. The van der Waals surface area contributed by atoms with Gasteiger partial charge in [0.1, 0.15) is 5.75 Å². The summed E-state index contributed by atoms with van der Waals surface area (Å²) in [6.07, 6.45) is 1.69. The standard InChI is InChI=1S/C21H13ClINO3/c1-26-19-9-6-12-4-2-3-5-14(12)15(19)11-18-21(25)27-20(24-18)16-10-13(23)7-8-17(16)22/h2-11H,1H3. The van der Waals surface area contributed by atoms with Crippen molar-refractivity contribution in [1.82, 2.24) is 0 Å². The summed E-state index contributed by atoms with van der Waals surface area (Å²) in [7, 11) is 1.60. The Bertz CT molecular complexity index is 1140. The van der Waals surface area contributed by atoms with E-state index >= 15 is 0 Å². The second kappa shape index (κ2) is 7.32. The average molecular weight is 490 g/mol. The van der Waals surface area contributed by atoms with Crippen molar-refractivity contribution >= 4 is 62.9 Å². The number of halogens is 2. The van der Waals surface area contributed by atoms with Gasteiger partial charge in [0.25, 0.3) is 0 Å². The van der Waals surface area contributed by atoms with E-state index in [9.17, 15) is 4.79 Å². The first-order valence-corrected chi connectivity index (χ1v) is 9.56. The summed E-state index contributed by atoms with van der Waals surface area (Å²) in [6.45, 7) is 0. The summed E-state index contributed by atoms with van der Waals surface area (Å²) in [4.78, 5) is 16.8. The Morgan fingerprint density at radius 2 is 1.96 bits per heavy atom. The van der Waals surface area contributed by atoms with Gasteiger partial charge in [0.15, 0.2) is 5.70 Å². The fraction of sp³-hybridized carbons (Fsp3) is 0.0476. The number of benzene rings is 3. The number of hydrogen-bond donors (Lipinski definition) is 0. The highest BCUT2D eigenvalue weighted by Gasteiger charge is 2.26. The third-order valence-corrected chi connectivity index (χ3v) is 5.21. The number of rotatable bonds is 3. The molecule has 1 heterocycles. The third kappa shape index (κ3) is 3.44. The van der Waals surface area contributed by atoms with Gasteiger partial charge in [-0.2, -0.15) is 0 Å². The van der Waals surface area contributed by atoms with E-state index in [1.54, 1.807) is 19.3 Å². The molecule has 0 unspecified atom stereocenters. The van der Waals surface area contributed by atoms with E-state index in [4.69, 9.17) is 21.1 Å². The lowest BCUT2D eigenvalue weighted by molar-refractivity contribution is -0.129. The molecule has 134 valence electrons. The lowest BCUT2D eigenvalue weighted by Gasteiger charge is -2.08. The fourth-order valence-corrected chi connectivity index (χ4v) is 3.61. The molecule has 0 spiro atoms. The minimum Gasteiger partial charge on any atom is -0.496 e. The minimum absolute atomic E-state index is 0.203. The summed E-state index contributed by atoms with van der Waals surface area (Å²) >= 11 is 8.41. The Hall–Kier alpha value is -2.38. The van der Waals surface area contributed by atoms with E-state index in [1.807, 2.05) is 48.5 Å². The number of esters is 1. The van der Waals surface area contributed by atoms with E-state index in [2.05, 4.69) is 27.6 Å². The minimum atomic E-state index is -0.519. The molecule has 1 aliphatic heterocycles. The predicted molar refractivity (Wildman–Crippen MR) is 115 cm³/mol. The summed E-state index contributed by atoms with van der Waals surface area (Å²) in [5.41, 5.74) is 1.57. The number of carbonyl (C=O) groups excluding carboxylic acids is 1. The molecule has 6 heteroatoms. The molecule has 0 aliphatic carbocycles. The SMILES string of the molecule is COc1ccc2ccccc2c1C=C1N=C(c2cc(I)ccc2Cl)OC1=O. The Morgan fingerprint density at radius 3 is 2.78 bits per heavy atom. The van der Waals surface area contributed by atoms with E-state index in [0.29, 0.717) is 16.3 Å². The predicted octanol–water partition coefficient (Wildman–Crippen LogP) is 5.45. The van der Waals surface area contributed by atoms with Crippen LogP contribution in [0, 0.1) is 3.57 Å². The molecule has 0 N–H and O–H groups in total. The van der Waals surface area contributed by atoms with Crippen LogP contribution in [0.4, 0.5) is 0 Å². The Balaban J connectivity index is 1.85. The molecule has 4 nitrogen and oxygen atoms in total. The van der Waals surface area contributed by atoms with Crippen LogP contribution in [0.2, 0.25) is 5.02 Å². The Morgan fingerprint density at radius 1 is 1.15 bits per heavy atom.